The van der Waals surface area contributed by atoms with Crippen LogP contribution in [-0.2, 0) is 17.1 Å². The van der Waals surface area contributed by atoms with Crippen LogP contribution in [0.25, 0.3) is 65.3 Å². The van der Waals surface area contributed by atoms with Gasteiger partial charge in [0.2, 0.25) is 10.0 Å². The average Bonchev–Trinajstić information content (AvgIpc) is 4.04. The van der Waals surface area contributed by atoms with Gasteiger partial charge in [-0.05, 0) is 120 Å². The molecular formula is C51H43N9O5S2. The number of nitrogens with zero attached hydrogens (tertiary/aromatic N) is 7. The number of rotatable bonds is 10. The van der Waals surface area contributed by atoms with Crippen LogP contribution in [0.4, 0.5) is 11.4 Å². The number of anilines is 2. The van der Waals surface area contributed by atoms with E-state index in [1.807, 2.05) is 50.6 Å². The first-order valence-electron chi connectivity index (χ1n) is 21.4. The number of ether oxygens (including phenoxy) is 1. The van der Waals surface area contributed by atoms with Crippen LogP contribution in [0.3, 0.4) is 0 Å². The molecule has 0 saturated carbocycles. The number of likely N-dealkylation sites (N-methyl/N-ethyl adjacent to an activating group) is 1. The summed E-state index contributed by atoms with van der Waals surface area (Å²) >= 11 is 1.74. The normalized spacial score (nSPS) is 14.1. The molecule has 1 aliphatic rings. The molecule has 14 nitrogen and oxygen atoms in total. The number of para-hydroxylation sites is 1. The number of aryl methyl sites for hydroxylation is 2. The van der Waals surface area contributed by atoms with E-state index in [2.05, 4.69) is 93.1 Å². The predicted octanol–water partition coefficient (Wildman–Crippen LogP) is 10.2. The predicted molar refractivity (Wildman–Crippen MR) is 264 cm³/mol. The van der Waals surface area contributed by atoms with Crippen molar-refractivity contribution in [1.82, 2.24) is 39.1 Å². The Balaban J connectivity index is 0.000000160. The number of fused-ring (bicyclic) bond motifs is 4. The zero-order valence-corrected chi connectivity index (χ0v) is 38.2. The molecule has 3 N–H and O–H groups in total. The molecule has 1 unspecified atom stereocenters. The van der Waals surface area contributed by atoms with Gasteiger partial charge in [0.25, 0.3) is 0 Å². The van der Waals surface area contributed by atoms with Gasteiger partial charge in [-0.1, -0.05) is 30.3 Å². The first-order valence-corrected chi connectivity index (χ1v) is 23.8. The molecule has 1 aliphatic heterocycles. The van der Waals surface area contributed by atoms with Crippen molar-refractivity contribution in [2.24, 2.45) is 7.05 Å². The van der Waals surface area contributed by atoms with Gasteiger partial charge in [0.15, 0.2) is 5.75 Å². The van der Waals surface area contributed by atoms with Crippen molar-refractivity contribution in [3.05, 3.63) is 157 Å². The molecule has 6 heterocycles. The summed E-state index contributed by atoms with van der Waals surface area (Å²) in [7, 11) is 0.290. The minimum atomic E-state index is -3.71. The summed E-state index contributed by atoms with van der Waals surface area (Å²) in [6.07, 6.45) is 12.3. The van der Waals surface area contributed by atoms with Crippen LogP contribution in [0.2, 0.25) is 0 Å². The fourth-order valence-corrected chi connectivity index (χ4v) is 10.8. The third kappa shape index (κ3) is 8.90. The van der Waals surface area contributed by atoms with Crippen molar-refractivity contribution in [2.75, 3.05) is 25.5 Å². The topological polar surface area (TPSA) is 177 Å². The van der Waals surface area contributed by atoms with Crippen LogP contribution in [0.5, 0.6) is 11.5 Å². The number of carboxylic acid groups (broad SMARTS) is 1. The van der Waals surface area contributed by atoms with Crippen LogP contribution in [0, 0.1) is 6.92 Å². The van der Waals surface area contributed by atoms with Crippen molar-refractivity contribution in [1.29, 1.82) is 0 Å². The standard InChI is InChI=1S/C28H27N5O2S2.C23H16N4O3/c1-18-17-36-26-8-7-19(13-22(18)26)23-14-21(15-25-28(23)30-11-10-29-25)31-24-5-3-4-6-27(24)37(34,35)32-20-9-12-33(2)16-20;1-27-9-5-14-2-3-15(10-20(14)27)18-11-16(12-19-22(18)26-8-7-25-19)30-21-13-24-6-4-17(21)23(28)29/h3-8,10-11,13-15,17,20,31-32H,9,12,16H2,1-2H3;2-13H,1H3,(H,28,29). The summed E-state index contributed by atoms with van der Waals surface area (Å²) in [6, 6.07) is 30.5. The molecular weight excluding hydrogens is 883 g/mol. The maximum absolute atomic E-state index is 13.3. The third-order valence-corrected chi connectivity index (χ3v) is 14.5. The van der Waals surface area contributed by atoms with Gasteiger partial charge < -0.3 is 24.6 Å². The monoisotopic (exact) mass is 925 g/mol. The number of benzene rings is 5. The molecule has 67 heavy (non-hydrogen) atoms. The molecule has 5 aromatic heterocycles. The highest BCUT2D eigenvalue weighted by Crippen LogP contribution is 2.38. The molecule has 0 spiro atoms. The fraction of sp³-hybridized carbons (Fsp3) is 0.137. The fourth-order valence-electron chi connectivity index (χ4n) is 8.49. The highest BCUT2D eigenvalue weighted by Gasteiger charge is 2.27. The minimum Gasteiger partial charge on any atom is -0.478 e. The van der Waals surface area contributed by atoms with Gasteiger partial charge in [0, 0.05) is 89.9 Å². The average molecular weight is 926 g/mol. The largest absolute Gasteiger partial charge is 0.478 e. The lowest BCUT2D eigenvalue weighted by molar-refractivity contribution is 0.0694. The summed E-state index contributed by atoms with van der Waals surface area (Å²) in [5, 5.41) is 17.3. The molecule has 10 aromatic rings. The summed E-state index contributed by atoms with van der Waals surface area (Å²) in [5.41, 5.74) is 10.3. The molecule has 1 fully saturated rings. The molecule has 0 bridgehead atoms. The zero-order chi connectivity index (χ0) is 46.2. The van der Waals surface area contributed by atoms with Gasteiger partial charge in [-0.25, -0.2) is 17.9 Å². The SMILES string of the molecule is Cc1csc2ccc(-c3cc(Nc4ccccc4S(=O)(=O)NC4CCN(C)C4)cc4nccnc34)cc12.Cn1ccc2ccc(-c3cc(Oc4cnccc4C(=O)O)cc4nccnc34)cc21. The molecule has 0 amide bonds. The Morgan fingerprint density at radius 3 is 2.33 bits per heavy atom. The second-order valence-corrected chi connectivity index (χ2v) is 19.0. The number of nitrogens with one attached hydrogen (secondary N) is 2. The van der Waals surface area contributed by atoms with Gasteiger partial charge in [0.1, 0.15) is 16.2 Å². The molecule has 16 heteroatoms. The summed E-state index contributed by atoms with van der Waals surface area (Å²) in [4.78, 5) is 35.9. The number of likely N-dealkylation sites (tertiary alicyclic amines) is 1. The second kappa shape index (κ2) is 18.0. The Morgan fingerprint density at radius 1 is 0.821 bits per heavy atom. The third-order valence-electron chi connectivity index (χ3n) is 11.8. The first kappa shape index (κ1) is 43.3. The zero-order valence-electron chi connectivity index (χ0n) is 36.6. The molecule has 0 radical (unpaired) electrons. The second-order valence-electron chi connectivity index (χ2n) is 16.4. The lowest BCUT2D eigenvalue weighted by atomic mass is 10.0. The molecule has 0 aliphatic carbocycles. The summed E-state index contributed by atoms with van der Waals surface area (Å²) < 4.78 is 38.8. The van der Waals surface area contributed by atoms with E-state index in [1.54, 1.807) is 60.4 Å². The van der Waals surface area contributed by atoms with E-state index in [-0.39, 0.29) is 22.3 Å². The highest BCUT2D eigenvalue weighted by atomic mass is 32.2. The molecule has 11 rings (SSSR count). The van der Waals surface area contributed by atoms with Crippen LogP contribution >= 0.6 is 11.3 Å². The van der Waals surface area contributed by atoms with E-state index in [0.717, 1.165) is 68.4 Å². The maximum atomic E-state index is 13.3. The van der Waals surface area contributed by atoms with Crippen molar-refractivity contribution in [3.63, 3.8) is 0 Å². The van der Waals surface area contributed by atoms with Crippen molar-refractivity contribution < 1.29 is 23.1 Å². The number of pyridine rings is 1. The van der Waals surface area contributed by atoms with Crippen molar-refractivity contribution in [2.45, 2.75) is 24.3 Å². The smallest absolute Gasteiger partial charge is 0.339 e. The molecule has 1 atom stereocenters. The minimum absolute atomic E-state index is 0.0380. The van der Waals surface area contributed by atoms with Crippen molar-refractivity contribution >= 4 is 81.8 Å². The number of sulfonamides is 1. The van der Waals surface area contributed by atoms with E-state index in [0.29, 0.717) is 23.5 Å². The van der Waals surface area contributed by atoms with Gasteiger partial charge in [-0.3, -0.25) is 24.9 Å². The Kier molecular flexibility index (Phi) is 11.6. The van der Waals surface area contributed by atoms with Crippen molar-refractivity contribution in [3.8, 4) is 33.8 Å². The maximum Gasteiger partial charge on any atom is 0.339 e. The summed E-state index contributed by atoms with van der Waals surface area (Å²) in [5.74, 6) is -0.458. The summed E-state index contributed by atoms with van der Waals surface area (Å²) in [6.45, 7) is 3.70. The number of thiophene rings is 1. The van der Waals surface area contributed by atoms with Gasteiger partial charge in [-0.2, -0.15) is 0 Å². The van der Waals surface area contributed by atoms with E-state index in [1.165, 1.54) is 34.1 Å². The molecule has 5 aromatic carbocycles. The van der Waals surface area contributed by atoms with Gasteiger partial charge >= 0.3 is 5.97 Å². The quantitative estimate of drug-likeness (QED) is 0.118. The lowest BCUT2D eigenvalue weighted by Crippen LogP contribution is -2.36. The molecule has 1 saturated heterocycles. The number of carbonyl (C=O) groups is 1. The van der Waals surface area contributed by atoms with Gasteiger partial charge in [-0.15, -0.1) is 11.3 Å². The van der Waals surface area contributed by atoms with E-state index in [4.69, 9.17) is 4.74 Å². The number of aromatic carboxylic acids is 1. The van der Waals surface area contributed by atoms with E-state index in [9.17, 15) is 18.3 Å². The van der Waals surface area contributed by atoms with Crippen LogP contribution in [-0.4, -0.2) is 80.1 Å². The van der Waals surface area contributed by atoms with E-state index < -0.39 is 16.0 Å². The number of hydrogen-bond donors (Lipinski definition) is 3. The lowest BCUT2D eigenvalue weighted by Gasteiger charge is -2.17. The Morgan fingerprint density at radius 2 is 1.55 bits per heavy atom. The number of hydrogen-bond acceptors (Lipinski definition) is 12. The number of aromatic nitrogens is 6. The van der Waals surface area contributed by atoms with Crippen LogP contribution in [0.15, 0.2) is 151 Å². The Hall–Kier alpha value is -7.63. The Labute approximate surface area is 389 Å². The first-order chi connectivity index (χ1) is 32.5. The number of carboxylic acids is 1. The Bertz CT molecular complexity index is 3630. The highest BCUT2D eigenvalue weighted by molar-refractivity contribution is 7.89. The van der Waals surface area contributed by atoms with Crippen LogP contribution < -0.4 is 14.8 Å². The van der Waals surface area contributed by atoms with Crippen LogP contribution in [0.1, 0.15) is 22.3 Å². The molecule has 334 valence electrons. The van der Waals surface area contributed by atoms with Gasteiger partial charge in [0.05, 0.1) is 34.0 Å². The van der Waals surface area contributed by atoms with E-state index >= 15 is 0 Å².